The van der Waals surface area contributed by atoms with E-state index in [1.54, 1.807) is 20.8 Å². The second-order valence-electron chi connectivity index (χ2n) is 6.05. The molecule has 0 aromatic heterocycles. The third kappa shape index (κ3) is 2.94. The molecule has 1 saturated heterocycles. The summed E-state index contributed by atoms with van der Waals surface area (Å²) in [4.78, 5) is 23.4. The molecule has 0 aromatic carbocycles. The van der Waals surface area contributed by atoms with Crippen LogP contribution < -0.4 is 5.32 Å². The number of alkyl carbamates (subject to hydrolysis) is 1. The summed E-state index contributed by atoms with van der Waals surface area (Å²) in [5, 5.41) is 2.65. The summed E-state index contributed by atoms with van der Waals surface area (Å²) >= 11 is 0. The molecule has 0 spiro atoms. The van der Waals surface area contributed by atoms with Crippen LogP contribution in [0.25, 0.3) is 0 Å². The molecule has 18 heavy (non-hydrogen) atoms. The standard InChI is InChI=1S/C13H21NO4/c1-13(2,3)18-12(16)14-10-8-6-4-5-7-9(8)17-11(10)15/h8-10H,4-7H2,1-3H3,(H,14,16)/t8-,9+,10-/m1/s1. The summed E-state index contributed by atoms with van der Waals surface area (Å²) in [6.45, 7) is 5.38. The van der Waals surface area contributed by atoms with E-state index in [1.165, 1.54) is 0 Å². The monoisotopic (exact) mass is 255 g/mol. The van der Waals surface area contributed by atoms with Crippen LogP contribution in [0.15, 0.2) is 0 Å². The molecule has 0 unspecified atom stereocenters. The molecule has 5 nitrogen and oxygen atoms in total. The van der Waals surface area contributed by atoms with Crippen molar-refractivity contribution in [3.63, 3.8) is 0 Å². The van der Waals surface area contributed by atoms with Crippen LogP contribution in [0, 0.1) is 5.92 Å². The molecule has 0 aromatic rings. The van der Waals surface area contributed by atoms with Crippen molar-refractivity contribution < 1.29 is 19.1 Å². The molecule has 2 rings (SSSR count). The minimum Gasteiger partial charge on any atom is -0.460 e. The number of ether oxygens (including phenoxy) is 2. The number of carbonyl (C=O) groups excluding carboxylic acids is 2. The Morgan fingerprint density at radius 2 is 2.00 bits per heavy atom. The Bertz CT molecular complexity index is 347. The fourth-order valence-electron chi connectivity index (χ4n) is 2.65. The van der Waals surface area contributed by atoms with Gasteiger partial charge in [0.2, 0.25) is 0 Å². The fraction of sp³-hybridized carbons (Fsp3) is 0.846. The predicted octanol–water partition coefficient (Wildman–Crippen LogP) is 2.00. The van der Waals surface area contributed by atoms with Crippen LogP contribution >= 0.6 is 0 Å². The number of hydrogen-bond donors (Lipinski definition) is 1. The minimum atomic E-state index is -0.557. The molecular weight excluding hydrogens is 234 g/mol. The Morgan fingerprint density at radius 1 is 1.33 bits per heavy atom. The van der Waals surface area contributed by atoms with Crippen molar-refractivity contribution in [2.45, 2.75) is 64.2 Å². The number of amides is 1. The number of rotatable bonds is 1. The smallest absolute Gasteiger partial charge is 0.408 e. The first-order chi connectivity index (χ1) is 8.37. The van der Waals surface area contributed by atoms with Gasteiger partial charge in [-0.15, -0.1) is 0 Å². The molecule has 1 saturated carbocycles. The van der Waals surface area contributed by atoms with Crippen LogP contribution in [0.2, 0.25) is 0 Å². The average molecular weight is 255 g/mol. The largest absolute Gasteiger partial charge is 0.460 e. The van der Waals surface area contributed by atoms with Crippen molar-refractivity contribution in [2.24, 2.45) is 5.92 Å². The molecule has 1 heterocycles. The van der Waals surface area contributed by atoms with Crippen LogP contribution in [0.3, 0.4) is 0 Å². The van der Waals surface area contributed by atoms with E-state index in [-0.39, 0.29) is 18.0 Å². The lowest BCUT2D eigenvalue weighted by atomic mass is 9.83. The van der Waals surface area contributed by atoms with Crippen molar-refractivity contribution in [3.8, 4) is 0 Å². The summed E-state index contributed by atoms with van der Waals surface area (Å²) in [7, 11) is 0. The first-order valence-electron chi connectivity index (χ1n) is 6.57. The van der Waals surface area contributed by atoms with Gasteiger partial charge in [-0.3, -0.25) is 0 Å². The lowest BCUT2D eigenvalue weighted by molar-refractivity contribution is -0.143. The maximum absolute atomic E-state index is 11.7. The average Bonchev–Trinajstić information content (AvgIpc) is 2.53. The molecule has 102 valence electrons. The highest BCUT2D eigenvalue weighted by molar-refractivity contribution is 5.83. The Morgan fingerprint density at radius 3 is 2.67 bits per heavy atom. The minimum absolute atomic E-state index is 0.0220. The van der Waals surface area contributed by atoms with E-state index in [0.717, 1.165) is 25.7 Å². The van der Waals surface area contributed by atoms with E-state index in [4.69, 9.17) is 9.47 Å². The molecule has 5 heteroatoms. The van der Waals surface area contributed by atoms with Gasteiger partial charge >= 0.3 is 12.1 Å². The van der Waals surface area contributed by atoms with Crippen molar-refractivity contribution in [1.82, 2.24) is 5.32 Å². The Hall–Kier alpha value is -1.26. The van der Waals surface area contributed by atoms with Crippen molar-refractivity contribution >= 4 is 12.1 Å². The molecule has 2 fully saturated rings. The first-order valence-corrected chi connectivity index (χ1v) is 6.57. The fourth-order valence-corrected chi connectivity index (χ4v) is 2.65. The van der Waals surface area contributed by atoms with Gasteiger partial charge in [0.25, 0.3) is 0 Å². The van der Waals surface area contributed by atoms with Gasteiger partial charge in [0.1, 0.15) is 17.7 Å². The molecule has 0 bridgehead atoms. The third-order valence-electron chi connectivity index (χ3n) is 3.38. The van der Waals surface area contributed by atoms with Crippen molar-refractivity contribution in [3.05, 3.63) is 0 Å². The normalized spacial score (nSPS) is 31.5. The molecule has 2 aliphatic rings. The third-order valence-corrected chi connectivity index (χ3v) is 3.38. The van der Waals surface area contributed by atoms with E-state index >= 15 is 0 Å². The topological polar surface area (TPSA) is 64.6 Å². The summed E-state index contributed by atoms with van der Waals surface area (Å²) in [5.74, 6) is -0.212. The molecule has 1 aliphatic carbocycles. The van der Waals surface area contributed by atoms with Gasteiger partial charge in [-0.25, -0.2) is 9.59 Å². The maximum Gasteiger partial charge on any atom is 0.408 e. The second-order valence-corrected chi connectivity index (χ2v) is 6.05. The Kier molecular flexibility index (Phi) is 3.50. The molecular formula is C13H21NO4. The van der Waals surface area contributed by atoms with Gasteiger partial charge in [-0.2, -0.15) is 0 Å². The number of esters is 1. The van der Waals surface area contributed by atoms with Gasteiger partial charge in [0.05, 0.1) is 0 Å². The highest BCUT2D eigenvalue weighted by Gasteiger charge is 2.46. The molecule has 1 aliphatic heterocycles. The van der Waals surface area contributed by atoms with E-state index in [9.17, 15) is 9.59 Å². The molecule has 1 amide bonds. The van der Waals surface area contributed by atoms with E-state index in [2.05, 4.69) is 5.32 Å². The number of hydrogen-bond acceptors (Lipinski definition) is 4. The Balaban J connectivity index is 1.96. The number of nitrogens with one attached hydrogen (secondary N) is 1. The van der Waals surface area contributed by atoms with Crippen LogP contribution in [0.5, 0.6) is 0 Å². The first kappa shape index (κ1) is 13.2. The second kappa shape index (κ2) is 4.78. The van der Waals surface area contributed by atoms with Crippen LogP contribution in [-0.4, -0.2) is 29.8 Å². The zero-order valence-electron chi connectivity index (χ0n) is 11.2. The quantitative estimate of drug-likeness (QED) is 0.728. The lowest BCUT2D eigenvalue weighted by Crippen LogP contribution is -2.45. The number of fused-ring (bicyclic) bond motifs is 1. The summed E-state index contributed by atoms with van der Waals surface area (Å²) in [6.07, 6.45) is 3.44. The highest BCUT2D eigenvalue weighted by atomic mass is 16.6. The van der Waals surface area contributed by atoms with Crippen molar-refractivity contribution in [2.75, 3.05) is 0 Å². The van der Waals surface area contributed by atoms with Crippen LogP contribution in [0.4, 0.5) is 4.79 Å². The van der Waals surface area contributed by atoms with Crippen molar-refractivity contribution in [1.29, 1.82) is 0 Å². The summed E-state index contributed by atoms with van der Waals surface area (Å²) in [5.41, 5.74) is -0.557. The Labute approximate surface area is 107 Å². The number of carbonyl (C=O) groups is 2. The maximum atomic E-state index is 11.7. The lowest BCUT2D eigenvalue weighted by Gasteiger charge is -2.26. The summed E-state index contributed by atoms with van der Waals surface area (Å²) < 4.78 is 10.5. The molecule has 3 atom stereocenters. The van der Waals surface area contributed by atoms with E-state index in [0.29, 0.717) is 0 Å². The predicted molar refractivity (Wildman–Crippen MR) is 65.0 cm³/mol. The zero-order chi connectivity index (χ0) is 13.3. The van der Waals surface area contributed by atoms with E-state index < -0.39 is 17.7 Å². The van der Waals surface area contributed by atoms with Crippen LogP contribution in [-0.2, 0) is 14.3 Å². The van der Waals surface area contributed by atoms with Gasteiger partial charge in [-0.05, 0) is 40.0 Å². The SMILES string of the molecule is CC(C)(C)OC(=O)N[C@H]1C(=O)O[C@H]2CCCC[C@H]21. The van der Waals surface area contributed by atoms with Gasteiger partial charge < -0.3 is 14.8 Å². The zero-order valence-corrected chi connectivity index (χ0v) is 11.2. The molecule has 0 radical (unpaired) electrons. The van der Waals surface area contributed by atoms with Gasteiger partial charge in [0.15, 0.2) is 0 Å². The van der Waals surface area contributed by atoms with Gasteiger partial charge in [-0.1, -0.05) is 6.42 Å². The van der Waals surface area contributed by atoms with Gasteiger partial charge in [0, 0.05) is 5.92 Å². The molecule has 1 N–H and O–H groups in total. The van der Waals surface area contributed by atoms with Crippen LogP contribution in [0.1, 0.15) is 46.5 Å². The highest BCUT2D eigenvalue weighted by Crippen LogP contribution is 2.35. The summed E-state index contributed by atoms with van der Waals surface area (Å²) in [6, 6.07) is -0.537. The van der Waals surface area contributed by atoms with E-state index in [1.807, 2.05) is 0 Å².